The largest absolute Gasteiger partial charge is 0.416 e. The molecule has 0 spiro atoms. The van der Waals surface area contributed by atoms with Crippen molar-refractivity contribution in [1.82, 2.24) is 0 Å². The Morgan fingerprint density at radius 3 is 2.38 bits per heavy atom. The predicted octanol–water partition coefficient (Wildman–Crippen LogP) is 5.11. The molecule has 7 heteroatoms. The van der Waals surface area contributed by atoms with Gasteiger partial charge in [-0.2, -0.15) is 13.2 Å². The molecule has 2 N–H and O–H groups in total. The zero-order valence-corrected chi connectivity index (χ0v) is 13.6. The van der Waals surface area contributed by atoms with Gasteiger partial charge in [-0.05, 0) is 55.0 Å². The molecule has 0 aliphatic carbocycles. The third-order valence-electron chi connectivity index (χ3n) is 3.36. The first-order valence-corrected chi connectivity index (χ1v) is 7.60. The number of anilines is 2. The lowest BCUT2D eigenvalue weighted by Gasteiger charge is -2.11. The van der Waals surface area contributed by atoms with Gasteiger partial charge in [0.25, 0.3) is 0 Å². The molecule has 0 radical (unpaired) electrons. The second-order valence-corrected chi connectivity index (χ2v) is 5.70. The number of nitrogens with one attached hydrogen (secondary N) is 2. The van der Waals surface area contributed by atoms with Crippen LogP contribution in [0, 0.1) is 6.92 Å². The van der Waals surface area contributed by atoms with Gasteiger partial charge in [-0.25, -0.2) is 0 Å². The van der Waals surface area contributed by atoms with Gasteiger partial charge in [0, 0.05) is 29.4 Å². The fourth-order valence-corrected chi connectivity index (χ4v) is 2.30. The van der Waals surface area contributed by atoms with Gasteiger partial charge in [0.15, 0.2) is 0 Å². The van der Waals surface area contributed by atoms with Crippen LogP contribution >= 0.6 is 11.6 Å². The fourth-order valence-electron chi connectivity index (χ4n) is 2.08. The monoisotopic (exact) mass is 356 g/mol. The summed E-state index contributed by atoms with van der Waals surface area (Å²) >= 11 is 5.85. The van der Waals surface area contributed by atoms with Crippen molar-refractivity contribution in [2.75, 3.05) is 17.2 Å². The van der Waals surface area contributed by atoms with Crippen molar-refractivity contribution in [1.29, 1.82) is 0 Å². The predicted molar refractivity (Wildman–Crippen MR) is 89.4 cm³/mol. The van der Waals surface area contributed by atoms with Crippen molar-refractivity contribution in [2.24, 2.45) is 0 Å². The van der Waals surface area contributed by atoms with Crippen molar-refractivity contribution in [3.05, 3.63) is 58.6 Å². The molecular weight excluding hydrogens is 341 g/mol. The summed E-state index contributed by atoms with van der Waals surface area (Å²) in [6, 6.07) is 9.83. The fraction of sp³-hybridized carbons (Fsp3) is 0.235. The lowest BCUT2D eigenvalue weighted by atomic mass is 10.2. The van der Waals surface area contributed by atoms with E-state index in [9.17, 15) is 18.0 Å². The van der Waals surface area contributed by atoms with Crippen LogP contribution < -0.4 is 10.6 Å². The number of alkyl halides is 3. The molecule has 0 aliphatic heterocycles. The van der Waals surface area contributed by atoms with E-state index in [4.69, 9.17) is 11.6 Å². The number of hydrogen-bond acceptors (Lipinski definition) is 2. The van der Waals surface area contributed by atoms with Gasteiger partial charge >= 0.3 is 6.18 Å². The molecule has 3 nitrogen and oxygen atoms in total. The molecular formula is C17H16ClF3N2O. The molecule has 1 amide bonds. The third-order valence-corrected chi connectivity index (χ3v) is 3.59. The molecule has 0 fully saturated rings. The van der Waals surface area contributed by atoms with Crippen LogP contribution in [0.15, 0.2) is 42.5 Å². The van der Waals surface area contributed by atoms with Crippen molar-refractivity contribution >= 4 is 28.9 Å². The number of carbonyl (C=O) groups is 1. The molecule has 0 aliphatic rings. The van der Waals surface area contributed by atoms with Crippen LogP contribution in [0.4, 0.5) is 24.5 Å². The van der Waals surface area contributed by atoms with E-state index in [1.54, 1.807) is 18.2 Å². The molecule has 2 rings (SSSR count). The lowest BCUT2D eigenvalue weighted by Crippen LogP contribution is -2.16. The van der Waals surface area contributed by atoms with E-state index in [-0.39, 0.29) is 12.3 Å². The van der Waals surface area contributed by atoms with Crippen LogP contribution in [0.2, 0.25) is 5.02 Å². The first kappa shape index (κ1) is 18.1. The van der Waals surface area contributed by atoms with E-state index >= 15 is 0 Å². The molecule has 0 bridgehead atoms. The highest BCUT2D eigenvalue weighted by molar-refractivity contribution is 6.30. The van der Waals surface area contributed by atoms with Gasteiger partial charge in [0.2, 0.25) is 5.91 Å². The Bertz CT molecular complexity index is 715. The van der Waals surface area contributed by atoms with Crippen molar-refractivity contribution in [3.63, 3.8) is 0 Å². The highest BCUT2D eigenvalue weighted by atomic mass is 35.5. The first-order valence-electron chi connectivity index (χ1n) is 7.23. The summed E-state index contributed by atoms with van der Waals surface area (Å²) < 4.78 is 37.4. The standard InChI is InChI=1S/C17H16ClF3N2O/c1-11-10-13(18)4-7-15(11)23-16(24)8-9-22-14-5-2-12(3-6-14)17(19,20)21/h2-7,10,22H,8-9H2,1H3,(H,23,24). The minimum Gasteiger partial charge on any atom is -0.385 e. The minimum absolute atomic E-state index is 0.184. The summed E-state index contributed by atoms with van der Waals surface area (Å²) in [4.78, 5) is 11.9. The zero-order chi connectivity index (χ0) is 17.7. The van der Waals surface area contributed by atoms with E-state index < -0.39 is 11.7 Å². The Labute approximate surface area is 142 Å². The number of aryl methyl sites for hydroxylation is 1. The van der Waals surface area contributed by atoms with Gasteiger partial charge in [0.05, 0.1) is 5.56 Å². The molecule has 0 unspecified atom stereocenters. The molecule has 0 saturated heterocycles. The van der Waals surface area contributed by atoms with Crippen LogP contribution in [-0.4, -0.2) is 12.5 Å². The summed E-state index contributed by atoms with van der Waals surface area (Å²) in [6.07, 6.45) is -4.17. The highest BCUT2D eigenvalue weighted by Crippen LogP contribution is 2.29. The van der Waals surface area contributed by atoms with Crippen LogP contribution in [0.5, 0.6) is 0 Å². The number of benzene rings is 2. The van der Waals surface area contributed by atoms with Crippen LogP contribution in [-0.2, 0) is 11.0 Å². The Balaban J connectivity index is 1.82. The minimum atomic E-state index is -4.35. The molecule has 2 aromatic carbocycles. The molecule has 0 atom stereocenters. The highest BCUT2D eigenvalue weighted by Gasteiger charge is 2.29. The smallest absolute Gasteiger partial charge is 0.385 e. The van der Waals surface area contributed by atoms with Crippen LogP contribution in [0.1, 0.15) is 17.5 Å². The van der Waals surface area contributed by atoms with E-state index in [1.807, 2.05) is 6.92 Å². The summed E-state index contributed by atoms with van der Waals surface area (Å²) in [5.41, 5.74) is 1.35. The second kappa shape index (κ2) is 7.57. The summed E-state index contributed by atoms with van der Waals surface area (Å²) in [5, 5.41) is 6.27. The van der Waals surface area contributed by atoms with E-state index in [0.717, 1.165) is 17.7 Å². The SMILES string of the molecule is Cc1cc(Cl)ccc1NC(=O)CCNc1ccc(C(F)(F)F)cc1. The average Bonchev–Trinajstić information content (AvgIpc) is 2.50. The van der Waals surface area contributed by atoms with E-state index in [2.05, 4.69) is 10.6 Å². The Morgan fingerprint density at radius 2 is 1.79 bits per heavy atom. The summed E-state index contributed by atoms with van der Waals surface area (Å²) in [7, 11) is 0. The van der Waals surface area contributed by atoms with Gasteiger partial charge in [-0.15, -0.1) is 0 Å². The number of amides is 1. The van der Waals surface area contributed by atoms with Crippen molar-refractivity contribution < 1.29 is 18.0 Å². The zero-order valence-electron chi connectivity index (χ0n) is 12.9. The van der Waals surface area contributed by atoms with Crippen LogP contribution in [0.3, 0.4) is 0 Å². The van der Waals surface area contributed by atoms with E-state index in [0.29, 0.717) is 22.9 Å². The van der Waals surface area contributed by atoms with Gasteiger partial charge in [-0.1, -0.05) is 11.6 Å². The Kier molecular flexibility index (Phi) is 5.72. The number of hydrogen-bond donors (Lipinski definition) is 2. The second-order valence-electron chi connectivity index (χ2n) is 5.26. The number of carbonyl (C=O) groups excluding carboxylic acids is 1. The first-order chi connectivity index (χ1) is 11.3. The van der Waals surface area contributed by atoms with Gasteiger partial charge in [-0.3, -0.25) is 4.79 Å². The van der Waals surface area contributed by atoms with E-state index in [1.165, 1.54) is 12.1 Å². The van der Waals surface area contributed by atoms with Gasteiger partial charge < -0.3 is 10.6 Å². The summed E-state index contributed by atoms with van der Waals surface area (Å²) in [6.45, 7) is 2.14. The molecule has 0 saturated carbocycles. The average molecular weight is 357 g/mol. The third kappa shape index (κ3) is 5.16. The normalized spacial score (nSPS) is 11.2. The molecule has 2 aromatic rings. The molecule has 0 aromatic heterocycles. The van der Waals surface area contributed by atoms with Crippen molar-refractivity contribution in [3.8, 4) is 0 Å². The maximum Gasteiger partial charge on any atom is 0.416 e. The van der Waals surface area contributed by atoms with Gasteiger partial charge in [0.1, 0.15) is 0 Å². The molecule has 24 heavy (non-hydrogen) atoms. The van der Waals surface area contributed by atoms with Crippen LogP contribution in [0.25, 0.3) is 0 Å². The maximum atomic E-state index is 12.5. The topological polar surface area (TPSA) is 41.1 Å². The Morgan fingerprint density at radius 1 is 1.12 bits per heavy atom. The Hall–Kier alpha value is -2.21. The quantitative estimate of drug-likeness (QED) is 0.781. The number of rotatable bonds is 5. The number of halogens is 4. The molecule has 0 heterocycles. The summed E-state index contributed by atoms with van der Waals surface area (Å²) in [5.74, 6) is -0.195. The lowest BCUT2D eigenvalue weighted by molar-refractivity contribution is -0.137. The van der Waals surface area contributed by atoms with Crippen molar-refractivity contribution in [2.45, 2.75) is 19.5 Å². The maximum absolute atomic E-state index is 12.5. The molecule has 128 valence electrons.